The Morgan fingerprint density at radius 1 is 1.39 bits per heavy atom. The van der Waals surface area contributed by atoms with Crippen molar-refractivity contribution in [2.24, 2.45) is 0 Å². The van der Waals surface area contributed by atoms with E-state index in [0.29, 0.717) is 23.6 Å². The van der Waals surface area contributed by atoms with Crippen LogP contribution in [0.25, 0.3) is 0 Å². The van der Waals surface area contributed by atoms with Crippen LogP contribution in [0.4, 0.5) is 10.5 Å². The SMILES string of the molecule is CCC(C#N)(CC)NC(=O)Nc1ccccc1Cl. The molecule has 0 aliphatic heterocycles. The van der Waals surface area contributed by atoms with Crippen molar-refractivity contribution in [3.8, 4) is 6.07 Å². The lowest BCUT2D eigenvalue weighted by Gasteiger charge is -2.25. The zero-order chi connectivity index (χ0) is 13.6. The van der Waals surface area contributed by atoms with Gasteiger partial charge in [0.2, 0.25) is 0 Å². The van der Waals surface area contributed by atoms with Gasteiger partial charge in [-0.05, 0) is 25.0 Å². The summed E-state index contributed by atoms with van der Waals surface area (Å²) in [7, 11) is 0. The predicted molar refractivity (Wildman–Crippen MR) is 72.5 cm³/mol. The topological polar surface area (TPSA) is 64.9 Å². The second-order valence-corrected chi connectivity index (χ2v) is 4.37. The lowest BCUT2D eigenvalue weighted by atomic mass is 9.95. The van der Waals surface area contributed by atoms with E-state index in [4.69, 9.17) is 16.9 Å². The van der Waals surface area contributed by atoms with E-state index in [2.05, 4.69) is 16.7 Å². The van der Waals surface area contributed by atoms with Gasteiger partial charge in [-0.3, -0.25) is 0 Å². The number of nitrogens with zero attached hydrogens (tertiary/aromatic N) is 1. The molecule has 0 atom stereocenters. The molecule has 0 spiro atoms. The first kappa shape index (κ1) is 14.3. The summed E-state index contributed by atoms with van der Waals surface area (Å²) < 4.78 is 0. The number of rotatable bonds is 4. The number of hydrogen-bond donors (Lipinski definition) is 2. The molecule has 0 bridgehead atoms. The van der Waals surface area contributed by atoms with Crippen LogP contribution in [0.2, 0.25) is 5.02 Å². The summed E-state index contributed by atoms with van der Waals surface area (Å²) in [6, 6.07) is 8.67. The van der Waals surface area contributed by atoms with Crippen molar-refractivity contribution in [2.45, 2.75) is 32.2 Å². The fourth-order valence-electron chi connectivity index (χ4n) is 1.55. The van der Waals surface area contributed by atoms with Crippen molar-refractivity contribution in [1.82, 2.24) is 5.32 Å². The summed E-state index contributed by atoms with van der Waals surface area (Å²) in [6.07, 6.45) is 1.10. The van der Waals surface area contributed by atoms with Gasteiger partial charge in [-0.1, -0.05) is 37.6 Å². The molecular formula is C13H16ClN3O. The number of amides is 2. The number of hydrogen-bond acceptors (Lipinski definition) is 2. The summed E-state index contributed by atoms with van der Waals surface area (Å²) in [5.41, 5.74) is -0.304. The van der Waals surface area contributed by atoms with Crippen LogP contribution in [-0.4, -0.2) is 11.6 Å². The van der Waals surface area contributed by atoms with E-state index >= 15 is 0 Å². The maximum absolute atomic E-state index is 11.8. The van der Waals surface area contributed by atoms with Gasteiger partial charge in [0.1, 0.15) is 5.54 Å². The highest BCUT2D eigenvalue weighted by atomic mass is 35.5. The summed E-state index contributed by atoms with van der Waals surface area (Å²) >= 11 is 5.93. The highest BCUT2D eigenvalue weighted by Gasteiger charge is 2.27. The molecule has 0 saturated carbocycles. The minimum absolute atomic E-state index is 0.423. The molecule has 0 fully saturated rings. The quantitative estimate of drug-likeness (QED) is 0.874. The maximum Gasteiger partial charge on any atom is 0.320 e. The Kier molecular flexibility index (Phi) is 4.99. The molecule has 1 aromatic rings. The summed E-state index contributed by atoms with van der Waals surface area (Å²) in [4.78, 5) is 11.8. The van der Waals surface area contributed by atoms with Crippen molar-refractivity contribution in [3.63, 3.8) is 0 Å². The van der Waals surface area contributed by atoms with Gasteiger partial charge >= 0.3 is 6.03 Å². The van der Waals surface area contributed by atoms with Crippen molar-refractivity contribution in [3.05, 3.63) is 29.3 Å². The first-order valence-corrected chi connectivity index (χ1v) is 6.19. The third-order valence-corrected chi connectivity index (χ3v) is 3.23. The molecule has 0 heterocycles. The minimum Gasteiger partial charge on any atom is -0.319 e. The Morgan fingerprint density at radius 2 is 2.00 bits per heavy atom. The Hall–Kier alpha value is -1.73. The smallest absolute Gasteiger partial charge is 0.319 e. The first-order valence-electron chi connectivity index (χ1n) is 5.82. The predicted octanol–water partition coefficient (Wildman–Crippen LogP) is 3.54. The zero-order valence-electron chi connectivity index (χ0n) is 10.5. The van der Waals surface area contributed by atoms with E-state index in [1.165, 1.54) is 0 Å². The fourth-order valence-corrected chi connectivity index (χ4v) is 1.73. The van der Waals surface area contributed by atoms with Gasteiger partial charge in [0.05, 0.1) is 16.8 Å². The zero-order valence-corrected chi connectivity index (χ0v) is 11.2. The molecule has 0 aliphatic rings. The number of para-hydroxylation sites is 1. The summed E-state index contributed by atoms with van der Waals surface area (Å²) in [5.74, 6) is 0. The van der Waals surface area contributed by atoms with Gasteiger partial charge in [0.15, 0.2) is 0 Å². The summed E-state index contributed by atoms with van der Waals surface area (Å²) in [6.45, 7) is 3.73. The van der Waals surface area contributed by atoms with Crippen LogP contribution in [0, 0.1) is 11.3 Å². The number of anilines is 1. The molecule has 4 nitrogen and oxygen atoms in total. The first-order chi connectivity index (χ1) is 8.56. The third-order valence-electron chi connectivity index (χ3n) is 2.90. The average Bonchev–Trinajstić information content (AvgIpc) is 2.39. The molecule has 0 aliphatic carbocycles. The van der Waals surface area contributed by atoms with Crippen LogP contribution in [0.5, 0.6) is 0 Å². The van der Waals surface area contributed by atoms with Crippen LogP contribution in [-0.2, 0) is 0 Å². The number of urea groups is 1. The van der Waals surface area contributed by atoms with Gasteiger partial charge < -0.3 is 10.6 Å². The van der Waals surface area contributed by atoms with Crippen molar-refractivity contribution in [2.75, 3.05) is 5.32 Å². The lowest BCUT2D eigenvalue weighted by molar-refractivity contribution is 0.242. The standard InChI is InChI=1S/C13H16ClN3O/c1-3-13(4-2,9-15)17-12(18)16-11-8-6-5-7-10(11)14/h5-8H,3-4H2,1-2H3,(H2,16,17,18). The number of nitriles is 1. The van der Waals surface area contributed by atoms with E-state index in [-0.39, 0.29) is 0 Å². The molecule has 1 aromatic carbocycles. The van der Waals surface area contributed by atoms with Gasteiger partial charge in [-0.2, -0.15) is 5.26 Å². The van der Waals surface area contributed by atoms with Crippen molar-refractivity contribution < 1.29 is 4.79 Å². The second-order valence-electron chi connectivity index (χ2n) is 3.96. The van der Waals surface area contributed by atoms with Crippen LogP contribution in [0.3, 0.4) is 0 Å². The largest absolute Gasteiger partial charge is 0.320 e. The molecule has 96 valence electrons. The Labute approximate surface area is 112 Å². The summed E-state index contributed by atoms with van der Waals surface area (Å²) in [5, 5.41) is 14.9. The second kappa shape index (κ2) is 6.27. The molecule has 18 heavy (non-hydrogen) atoms. The normalized spacial score (nSPS) is 10.6. The van der Waals surface area contributed by atoms with Crippen LogP contribution in [0.15, 0.2) is 24.3 Å². The van der Waals surface area contributed by atoms with E-state index in [9.17, 15) is 4.79 Å². The van der Waals surface area contributed by atoms with E-state index < -0.39 is 11.6 Å². The Morgan fingerprint density at radius 3 is 2.50 bits per heavy atom. The molecular weight excluding hydrogens is 250 g/mol. The number of carbonyl (C=O) groups excluding carboxylic acids is 1. The number of carbonyl (C=O) groups is 1. The van der Waals surface area contributed by atoms with E-state index in [0.717, 1.165) is 0 Å². The molecule has 0 unspecified atom stereocenters. The Bertz CT molecular complexity index is 464. The minimum atomic E-state index is -0.828. The molecule has 2 amide bonds. The maximum atomic E-state index is 11.8. The number of nitrogens with one attached hydrogen (secondary N) is 2. The monoisotopic (exact) mass is 265 g/mol. The van der Waals surface area contributed by atoms with Crippen molar-refractivity contribution >= 4 is 23.3 Å². The van der Waals surface area contributed by atoms with Crippen molar-refractivity contribution in [1.29, 1.82) is 5.26 Å². The van der Waals surface area contributed by atoms with Gasteiger partial charge in [0, 0.05) is 0 Å². The molecule has 1 rings (SSSR count). The van der Waals surface area contributed by atoms with Crippen LogP contribution >= 0.6 is 11.6 Å². The fraction of sp³-hybridized carbons (Fsp3) is 0.385. The molecule has 0 saturated heterocycles. The van der Waals surface area contributed by atoms with Crippen LogP contribution in [0.1, 0.15) is 26.7 Å². The van der Waals surface area contributed by atoms with Gasteiger partial charge in [-0.15, -0.1) is 0 Å². The average molecular weight is 266 g/mol. The highest BCUT2D eigenvalue weighted by molar-refractivity contribution is 6.33. The van der Waals surface area contributed by atoms with Crippen LogP contribution < -0.4 is 10.6 Å². The number of benzene rings is 1. The highest BCUT2D eigenvalue weighted by Crippen LogP contribution is 2.21. The van der Waals surface area contributed by atoms with Gasteiger partial charge in [0.25, 0.3) is 0 Å². The third kappa shape index (κ3) is 3.38. The number of halogens is 1. The molecule has 0 radical (unpaired) electrons. The van der Waals surface area contributed by atoms with Gasteiger partial charge in [-0.25, -0.2) is 4.79 Å². The Balaban J connectivity index is 2.74. The molecule has 5 heteroatoms. The molecule has 2 N–H and O–H groups in total. The van der Waals surface area contributed by atoms with E-state index in [1.807, 2.05) is 13.8 Å². The van der Waals surface area contributed by atoms with E-state index in [1.54, 1.807) is 24.3 Å². The molecule has 0 aromatic heterocycles. The lowest BCUT2D eigenvalue weighted by Crippen LogP contribution is -2.48.